The second-order valence-electron chi connectivity index (χ2n) is 3.16. The van der Waals surface area contributed by atoms with Crippen molar-refractivity contribution in [2.75, 3.05) is 13.2 Å². The fraction of sp³-hybridized carbons (Fsp3) is 0.455. The smallest absolute Gasteiger partial charge is 0.115 e. The lowest BCUT2D eigenvalue weighted by atomic mass is 10.1. The average molecular weight is 195 g/mol. The molecule has 0 heterocycles. The van der Waals surface area contributed by atoms with Gasteiger partial charge in [-0.3, -0.25) is 0 Å². The summed E-state index contributed by atoms with van der Waals surface area (Å²) in [5, 5.41) is 9.06. The highest BCUT2D eigenvalue weighted by molar-refractivity contribution is 5.25. The number of hydrogen-bond acceptors (Lipinski definition) is 3. The van der Waals surface area contributed by atoms with Crippen molar-refractivity contribution in [3.8, 4) is 5.75 Å². The van der Waals surface area contributed by atoms with Gasteiger partial charge in [-0.1, -0.05) is 19.1 Å². The Bertz CT molecular complexity index is 246. The van der Waals surface area contributed by atoms with Crippen molar-refractivity contribution in [1.29, 1.82) is 0 Å². The van der Waals surface area contributed by atoms with Crippen LogP contribution in [-0.4, -0.2) is 18.3 Å². The van der Waals surface area contributed by atoms with Gasteiger partial charge in [-0.25, -0.2) is 5.48 Å². The lowest BCUT2D eigenvalue weighted by molar-refractivity contribution is 0.0425. The van der Waals surface area contributed by atoms with E-state index >= 15 is 0 Å². The minimum Gasteiger partial charge on any atom is -0.508 e. The van der Waals surface area contributed by atoms with E-state index in [9.17, 15) is 0 Å². The maximum atomic E-state index is 9.06. The average Bonchev–Trinajstić information content (AvgIpc) is 2.21. The SMILES string of the molecule is CCCONCCc1ccc(O)cc1. The van der Waals surface area contributed by atoms with Crippen molar-refractivity contribution in [2.45, 2.75) is 19.8 Å². The molecule has 0 aromatic heterocycles. The van der Waals surface area contributed by atoms with Crippen LogP contribution < -0.4 is 5.48 Å². The molecule has 0 aliphatic carbocycles. The molecule has 2 N–H and O–H groups in total. The number of rotatable bonds is 6. The summed E-state index contributed by atoms with van der Waals surface area (Å²) in [4.78, 5) is 5.13. The number of nitrogens with one attached hydrogen (secondary N) is 1. The van der Waals surface area contributed by atoms with E-state index in [2.05, 4.69) is 12.4 Å². The Labute approximate surface area is 84.7 Å². The number of hydroxylamine groups is 1. The predicted octanol–water partition coefficient (Wildman–Crippen LogP) is 1.87. The summed E-state index contributed by atoms with van der Waals surface area (Å²) in [5.41, 5.74) is 4.08. The Morgan fingerprint density at radius 2 is 2.00 bits per heavy atom. The van der Waals surface area contributed by atoms with E-state index in [1.54, 1.807) is 12.1 Å². The molecule has 0 saturated carbocycles. The lowest BCUT2D eigenvalue weighted by Gasteiger charge is -2.04. The van der Waals surface area contributed by atoms with Crippen LogP contribution in [-0.2, 0) is 11.3 Å². The van der Waals surface area contributed by atoms with E-state index in [4.69, 9.17) is 9.94 Å². The van der Waals surface area contributed by atoms with Gasteiger partial charge >= 0.3 is 0 Å². The van der Waals surface area contributed by atoms with E-state index < -0.39 is 0 Å². The maximum absolute atomic E-state index is 9.06. The molecular weight excluding hydrogens is 178 g/mol. The minimum absolute atomic E-state index is 0.309. The molecule has 0 amide bonds. The molecule has 78 valence electrons. The quantitative estimate of drug-likeness (QED) is 0.538. The second-order valence-corrected chi connectivity index (χ2v) is 3.16. The summed E-state index contributed by atoms with van der Waals surface area (Å²) in [6.45, 7) is 3.61. The van der Waals surface area contributed by atoms with Crippen LogP contribution in [0.5, 0.6) is 5.75 Å². The highest BCUT2D eigenvalue weighted by Gasteiger charge is 1.93. The molecule has 1 rings (SSSR count). The van der Waals surface area contributed by atoms with Gasteiger partial charge in [0.25, 0.3) is 0 Å². The first-order valence-corrected chi connectivity index (χ1v) is 4.95. The predicted molar refractivity (Wildman–Crippen MR) is 56.1 cm³/mol. The molecule has 0 aliphatic heterocycles. The summed E-state index contributed by atoms with van der Waals surface area (Å²) < 4.78 is 0. The maximum Gasteiger partial charge on any atom is 0.115 e. The Morgan fingerprint density at radius 3 is 2.64 bits per heavy atom. The Kier molecular flexibility index (Phi) is 5.04. The van der Waals surface area contributed by atoms with Crippen molar-refractivity contribution in [3.63, 3.8) is 0 Å². The molecule has 0 spiro atoms. The van der Waals surface area contributed by atoms with Gasteiger partial charge in [0, 0.05) is 6.54 Å². The first kappa shape index (κ1) is 11.0. The zero-order valence-corrected chi connectivity index (χ0v) is 8.49. The molecule has 0 aliphatic rings. The van der Waals surface area contributed by atoms with Crippen LogP contribution in [0, 0.1) is 0 Å². The van der Waals surface area contributed by atoms with Crippen LogP contribution in [0.2, 0.25) is 0 Å². The van der Waals surface area contributed by atoms with Crippen molar-refractivity contribution in [3.05, 3.63) is 29.8 Å². The van der Waals surface area contributed by atoms with Gasteiger partial charge < -0.3 is 9.94 Å². The zero-order chi connectivity index (χ0) is 10.2. The van der Waals surface area contributed by atoms with Gasteiger partial charge in [-0.05, 0) is 30.5 Å². The summed E-state index contributed by atoms with van der Waals surface area (Å²) in [6.07, 6.45) is 1.93. The van der Waals surface area contributed by atoms with E-state index in [0.717, 1.165) is 26.0 Å². The molecule has 0 saturated heterocycles. The topological polar surface area (TPSA) is 41.5 Å². The first-order chi connectivity index (χ1) is 6.83. The van der Waals surface area contributed by atoms with Gasteiger partial charge in [0.1, 0.15) is 5.75 Å². The number of aromatic hydroxyl groups is 1. The van der Waals surface area contributed by atoms with Crippen molar-refractivity contribution in [2.24, 2.45) is 0 Å². The van der Waals surface area contributed by atoms with Crippen LogP contribution in [0.1, 0.15) is 18.9 Å². The molecule has 1 aromatic rings. The standard InChI is InChI=1S/C11H17NO2/c1-2-9-14-12-8-7-10-3-5-11(13)6-4-10/h3-6,12-13H,2,7-9H2,1H3. The van der Waals surface area contributed by atoms with E-state index in [-0.39, 0.29) is 0 Å². The van der Waals surface area contributed by atoms with Crippen LogP contribution in [0.3, 0.4) is 0 Å². The largest absolute Gasteiger partial charge is 0.508 e. The zero-order valence-electron chi connectivity index (χ0n) is 8.49. The van der Waals surface area contributed by atoms with E-state index in [1.165, 1.54) is 5.56 Å². The molecular formula is C11H17NO2. The first-order valence-electron chi connectivity index (χ1n) is 4.95. The molecule has 0 unspecified atom stereocenters. The Morgan fingerprint density at radius 1 is 1.29 bits per heavy atom. The molecule has 3 nitrogen and oxygen atoms in total. The fourth-order valence-corrected chi connectivity index (χ4v) is 1.10. The van der Waals surface area contributed by atoms with E-state index in [0.29, 0.717) is 5.75 Å². The molecule has 0 fully saturated rings. The Balaban J connectivity index is 2.15. The van der Waals surface area contributed by atoms with Crippen LogP contribution in [0.4, 0.5) is 0 Å². The highest BCUT2D eigenvalue weighted by Crippen LogP contribution is 2.09. The number of benzene rings is 1. The monoisotopic (exact) mass is 195 g/mol. The molecule has 0 atom stereocenters. The molecule has 0 radical (unpaired) electrons. The van der Waals surface area contributed by atoms with Crippen LogP contribution in [0.15, 0.2) is 24.3 Å². The molecule has 3 heteroatoms. The van der Waals surface area contributed by atoms with Gasteiger partial charge in [-0.15, -0.1) is 0 Å². The normalized spacial score (nSPS) is 10.4. The molecule has 0 bridgehead atoms. The molecule has 1 aromatic carbocycles. The lowest BCUT2D eigenvalue weighted by Crippen LogP contribution is -2.18. The third-order valence-electron chi connectivity index (χ3n) is 1.86. The van der Waals surface area contributed by atoms with Crippen LogP contribution >= 0.6 is 0 Å². The highest BCUT2D eigenvalue weighted by atomic mass is 16.6. The minimum atomic E-state index is 0.309. The Hall–Kier alpha value is -1.06. The fourth-order valence-electron chi connectivity index (χ4n) is 1.10. The van der Waals surface area contributed by atoms with Crippen molar-refractivity contribution in [1.82, 2.24) is 5.48 Å². The van der Waals surface area contributed by atoms with Gasteiger partial charge in [0.2, 0.25) is 0 Å². The third kappa shape index (κ3) is 4.25. The summed E-state index contributed by atoms with van der Waals surface area (Å²) >= 11 is 0. The summed E-state index contributed by atoms with van der Waals surface area (Å²) in [5.74, 6) is 0.309. The van der Waals surface area contributed by atoms with Crippen molar-refractivity contribution >= 4 is 0 Å². The van der Waals surface area contributed by atoms with E-state index in [1.807, 2.05) is 12.1 Å². The molecule has 14 heavy (non-hydrogen) atoms. The third-order valence-corrected chi connectivity index (χ3v) is 1.86. The van der Waals surface area contributed by atoms with Gasteiger partial charge in [-0.2, -0.15) is 0 Å². The number of phenols is 1. The summed E-state index contributed by atoms with van der Waals surface area (Å²) in [6, 6.07) is 7.22. The van der Waals surface area contributed by atoms with Gasteiger partial charge in [0.05, 0.1) is 6.61 Å². The number of hydrogen-bond donors (Lipinski definition) is 2. The van der Waals surface area contributed by atoms with Gasteiger partial charge in [0.15, 0.2) is 0 Å². The van der Waals surface area contributed by atoms with Crippen molar-refractivity contribution < 1.29 is 9.94 Å². The summed E-state index contributed by atoms with van der Waals surface area (Å²) in [7, 11) is 0. The van der Waals surface area contributed by atoms with Crippen LogP contribution in [0.25, 0.3) is 0 Å². The second kappa shape index (κ2) is 6.40. The number of phenolic OH excluding ortho intramolecular Hbond substituents is 1.